The number of hydrogen-bond acceptors (Lipinski definition) is 4. The molecule has 3 rings (SSSR count). The third-order valence-electron chi connectivity index (χ3n) is 3.88. The molecule has 1 unspecified atom stereocenters. The Hall–Kier alpha value is -1.10. The number of aliphatic hydroxyl groups excluding tert-OH is 1. The zero-order valence-corrected chi connectivity index (χ0v) is 11.2. The zero-order valence-electron chi connectivity index (χ0n) is 11.2. The summed E-state index contributed by atoms with van der Waals surface area (Å²) >= 11 is 0. The Morgan fingerprint density at radius 1 is 1.26 bits per heavy atom. The first-order valence-electron chi connectivity index (χ1n) is 7.14. The lowest BCUT2D eigenvalue weighted by Gasteiger charge is -2.36. The quantitative estimate of drug-likeness (QED) is 0.835. The molecule has 1 aromatic carbocycles. The number of nitrogens with zero attached hydrogens (tertiary/aromatic N) is 1. The average molecular weight is 262 g/mol. The highest BCUT2D eigenvalue weighted by atomic mass is 16.5. The minimum absolute atomic E-state index is 0.0872. The van der Waals surface area contributed by atoms with E-state index in [4.69, 9.17) is 4.74 Å². The summed E-state index contributed by atoms with van der Waals surface area (Å²) < 4.78 is 5.41. The van der Waals surface area contributed by atoms with E-state index < -0.39 is 0 Å². The van der Waals surface area contributed by atoms with Gasteiger partial charge >= 0.3 is 0 Å². The lowest BCUT2D eigenvalue weighted by atomic mass is 10.1. The Morgan fingerprint density at radius 3 is 2.74 bits per heavy atom. The molecule has 1 saturated heterocycles. The zero-order chi connectivity index (χ0) is 13.1. The molecule has 2 aliphatic rings. The SMILES string of the molecule is OCC1COCCN1c1ccc(CNC2CC2)cc1. The number of morpholine rings is 1. The fraction of sp³-hybridized carbons (Fsp3) is 0.600. The van der Waals surface area contributed by atoms with Gasteiger partial charge in [-0.05, 0) is 30.5 Å². The van der Waals surface area contributed by atoms with Crippen LogP contribution in [0.3, 0.4) is 0 Å². The van der Waals surface area contributed by atoms with Crippen LogP contribution in [0.25, 0.3) is 0 Å². The number of rotatable bonds is 5. The largest absolute Gasteiger partial charge is 0.394 e. The molecule has 104 valence electrons. The van der Waals surface area contributed by atoms with Gasteiger partial charge in [0, 0.05) is 24.8 Å². The van der Waals surface area contributed by atoms with Crippen LogP contribution in [-0.2, 0) is 11.3 Å². The lowest BCUT2D eigenvalue weighted by Crippen LogP contribution is -2.47. The normalized spacial score (nSPS) is 23.6. The van der Waals surface area contributed by atoms with Crippen molar-refractivity contribution in [3.63, 3.8) is 0 Å². The summed E-state index contributed by atoms with van der Waals surface area (Å²) in [6.45, 7) is 3.30. The standard InChI is InChI=1S/C15H22N2O2/c18-10-15-11-19-8-7-17(15)14-5-1-12(2-6-14)9-16-13-3-4-13/h1-2,5-6,13,15-16,18H,3-4,7-11H2. The van der Waals surface area contributed by atoms with Crippen LogP contribution >= 0.6 is 0 Å². The van der Waals surface area contributed by atoms with E-state index in [1.165, 1.54) is 24.1 Å². The van der Waals surface area contributed by atoms with Gasteiger partial charge in [-0.1, -0.05) is 12.1 Å². The second-order valence-corrected chi connectivity index (χ2v) is 5.43. The van der Waals surface area contributed by atoms with Crippen LogP contribution in [0, 0.1) is 0 Å². The fourth-order valence-electron chi connectivity index (χ4n) is 2.50. The van der Waals surface area contributed by atoms with Crippen LogP contribution in [0.15, 0.2) is 24.3 Å². The maximum absolute atomic E-state index is 9.40. The van der Waals surface area contributed by atoms with E-state index in [1.54, 1.807) is 0 Å². The first-order chi connectivity index (χ1) is 9.36. The minimum Gasteiger partial charge on any atom is -0.394 e. The number of ether oxygens (including phenoxy) is 1. The van der Waals surface area contributed by atoms with Crippen LogP contribution in [0.5, 0.6) is 0 Å². The molecule has 1 aliphatic heterocycles. The maximum Gasteiger partial charge on any atom is 0.0755 e. The second-order valence-electron chi connectivity index (χ2n) is 5.43. The molecule has 4 heteroatoms. The van der Waals surface area contributed by atoms with Gasteiger partial charge in [0.2, 0.25) is 0 Å². The van der Waals surface area contributed by atoms with E-state index in [2.05, 4.69) is 34.5 Å². The molecule has 19 heavy (non-hydrogen) atoms. The molecule has 0 bridgehead atoms. The van der Waals surface area contributed by atoms with Crippen LogP contribution < -0.4 is 10.2 Å². The molecule has 1 atom stereocenters. The van der Waals surface area contributed by atoms with Crippen molar-refractivity contribution < 1.29 is 9.84 Å². The predicted molar refractivity (Wildman–Crippen MR) is 75.3 cm³/mol. The number of nitrogens with one attached hydrogen (secondary N) is 1. The van der Waals surface area contributed by atoms with Crippen molar-refractivity contribution >= 4 is 5.69 Å². The Labute approximate surface area is 114 Å². The number of anilines is 1. The van der Waals surface area contributed by atoms with Gasteiger partial charge in [-0.3, -0.25) is 0 Å². The molecule has 4 nitrogen and oxygen atoms in total. The Bertz CT molecular complexity index is 403. The average Bonchev–Trinajstić information content (AvgIpc) is 3.30. The highest BCUT2D eigenvalue weighted by molar-refractivity contribution is 5.49. The first kappa shape index (κ1) is 12.9. The predicted octanol–water partition coefficient (Wildman–Crippen LogP) is 1.14. The van der Waals surface area contributed by atoms with E-state index in [9.17, 15) is 5.11 Å². The van der Waals surface area contributed by atoms with Gasteiger partial charge in [-0.25, -0.2) is 0 Å². The third kappa shape index (κ3) is 3.26. The van der Waals surface area contributed by atoms with Crippen molar-refractivity contribution in [2.75, 3.05) is 31.3 Å². The first-order valence-corrected chi connectivity index (χ1v) is 7.14. The maximum atomic E-state index is 9.40. The summed E-state index contributed by atoms with van der Waals surface area (Å²) in [7, 11) is 0. The summed E-state index contributed by atoms with van der Waals surface area (Å²) in [5.74, 6) is 0. The van der Waals surface area contributed by atoms with Gasteiger partial charge in [0.25, 0.3) is 0 Å². The van der Waals surface area contributed by atoms with E-state index in [0.717, 1.165) is 25.7 Å². The second kappa shape index (κ2) is 5.90. The van der Waals surface area contributed by atoms with E-state index >= 15 is 0 Å². The molecule has 2 N–H and O–H groups in total. The molecule has 1 aliphatic carbocycles. The summed E-state index contributed by atoms with van der Waals surface area (Å²) in [5, 5.41) is 12.9. The highest BCUT2D eigenvalue weighted by Gasteiger charge is 2.22. The van der Waals surface area contributed by atoms with E-state index in [-0.39, 0.29) is 12.6 Å². The van der Waals surface area contributed by atoms with Crippen molar-refractivity contribution in [2.24, 2.45) is 0 Å². The van der Waals surface area contributed by atoms with Crippen LogP contribution in [-0.4, -0.2) is 43.6 Å². The molecule has 2 fully saturated rings. The number of benzene rings is 1. The monoisotopic (exact) mass is 262 g/mol. The summed E-state index contributed by atoms with van der Waals surface area (Å²) in [5.41, 5.74) is 2.50. The van der Waals surface area contributed by atoms with Crippen molar-refractivity contribution in [2.45, 2.75) is 31.5 Å². The molecular weight excluding hydrogens is 240 g/mol. The van der Waals surface area contributed by atoms with Gasteiger partial charge in [0.05, 0.1) is 25.9 Å². The summed E-state index contributed by atoms with van der Waals surface area (Å²) in [6, 6.07) is 9.49. The van der Waals surface area contributed by atoms with Crippen molar-refractivity contribution in [1.82, 2.24) is 5.32 Å². The van der Waals surface area contributed by atoms with Gasteiger partial charge in [0.15, 0.2) is 0 Å². The third-order valence-corrected chi connectivity index (χ3v) is 3.88. The smallest absolute Gasteiger partial charge is 0.0755 e. The molecule has 1 aromatic rings. The number of aliphatic hydroxyl groups is 1. The Kier molecular flexibility index (Phi) is 4.01. The Morgan fingerprint density at radius 2 is 2.05 bits per heavy atom. The molecule has 0 amide bonds. The van der Waals surface area contributed by atoms with Gasteiger partial charge < -0.3 is 20.1 Å². The topological polar surface area (TPSA) is 44.7 Å². The van der Waals surface area contributed by atoms with Crippen molar-refractivity contribution in [3.05, 3.63) is 29.8 Å². The molecule has 1 saturated carbocycles. The van der Waals surface area contributed by atoms with Crippen LogP contribution in [0.4, 0.5) is 5.69 Å². The lowest BCUT2D eigenvalue weighted by molar-refractivity contribution is 0.0727. The summed E-state index contributed by atoms with van der Waals surface area (Å²) in [4.78, 5) is 2.24. The van der Waals surface area contributed by atoms with Gasteiger partial charge in [-0.2, -0.15) is 0 Å². The van der Waals surface area contributed by atoms with Crippen molar-refractivity contribution in [1.29, 1.82) is 0 Å². The van der Waals surface area contributed by atoms with Gasteiger partial charge in [0.1, 0.15) is 0 Å². The Balaban J connectivity index is 1.62. The molecule has 1 heterocycles. The molecule has 0 radical (unpaired) electrons. The highest BCUT2D eigenvalue weighted by Crippen LogP contribution is 2.22. The fourth-order valence-corrected chi connectivity index (χ4v) is 2.50. The minimum atomic E-state index is 0.0872. The van der Waals surface area contributed by atoms with Crippen LogP contribution in [0.2, 0.25) is 0 Å². The molecule has 0 spiro atoms. The summed E-state index contributed by atoms with van der Waals surface area (Å²) in [6.07, 6.45) is 2.65. The molecular formula is C15H22N2O2. The van der Waals surface area contributed by atoms with E-state index in [0.29, 0.717) is 6.61 Å². The van der Waals surface area contributed by atoms with E-state index in [1.807, 2.05) is 0 Å². The molecule has 0 aromatic heterocycles. The van der Waals surface area contributed by atoms with Gasteiger partial charge in [-0.15, -0.1) is 0 Å². The number of hydrogen-bond donors (Lipinski definition) is 2. The van der Waals surface area contributed by atoms with Crippen LogP contribution in [0.1, 0.15) is 18.4 Å². The van der Waals surface area contributed by atoms with Crippen molar-refractivity contribution in [3.8, 4) is 0 Å².